The van der Waals surface area contributed by atoms with Crippen molar-refractivity contribution >= 4 is 0 Å². The van der Waals surface area contributed by atoms with Crippen LogP contribution in [0.5, 0.6) is 0 Å². The Morgan fingerprint density at radius 1 is 1.09 bits per heavy atom. The monoisotopic (exact) mass is 301 g/mol. The van der Waals surface area contributed by atoms with Gasteiger partial charge in [0.2, 0.25) is 0 Å². The number of pyridine rings is 1. The van der Waals surface area contributed by atoms with Gasteiger partial charge in [-0.3, -0.25) is 4.98 Å². The minimum atomic E-state index is 0.663. The van der Waals surface area contributed by atoms with Crippen molar-refractivity contribution in [2.24, 2.45) is 5.92 Å². The second-order valence-corrected chi connectivity index (χ2v) is 7.23. The van der Waals surface area contributed by atoms with Gasteiger partial charge in [-0.05, 0) is 43.2 Å². The van der Waals surface area contributed by atoms with E-state index in [1.807, 2.05) is 0 Å². The lowest BCUT2D eigenvalue weighted by atomic mass is 9.92. The van der Waals surface area contributed by atoms with Crippen LogP contribution in [0.3, 0.4) is 0 Å². The zero-order valence-corrected chi connectivity index (χ0v) is 14.8. The predicted molar refractivity (Wildman–Crippen MR) is 96.3 cm³/mol. The van der Waals surface area contributed by atoms with Gasteiger partial charge in [0, 0.05) is 17.8 Å². The molecule has 1 fully saturated rings. The Labute approximate surface area is 137 Å². The first-order valence-corrected chi connectivity index (χ1v) is 9.78. The van der Waals surface area contributed by atoms with Gasteiger partial charge in [-0.1, -0.05) is 71.3 Å². The average Bonchev–Trinajstić information content (AvgIpc) is 2.83. The molecule has 0 N–H and O–H groups in total. The molecule has 1 saturated carbocycles. The maximum absolute atomic E-state index is 4.79. The van der Waals surface area contributed by atoms with Crippen molar-refractivity contribution in [3.63, 3.8) is 0 Å². The maximum atomic E-state index is 4.79. The van der Waals surface area contributed by atoms with E-state index >= 15 is 0 Å². The number of nitrogens with zero attached hydrogens (tertiary/aromatic N) is 1. The first kappa shape index (κ1) is 17.5. The van der Waals surface area contributed by atoms with Crippen molar-refractivity contribution in [3.8, 4) is 0 Å². The molecule has 1 unspecified atom stereocenters. The zero-order valence-electron chi connectivity index (χ0n) is 14.8. The van der Waals surface area contributed by atoms with E-state index < -0.39 is 0 Å². The van der Waals surface area contributed by atoms with E-state index in [1.54, 1.807) is 0 Å². The molecule has 1 aromatic rings. The van der Waals surface area contributed by atoms with Crippen molar-refractivity contribution in [1.29, 1.82) is 0 Å². The van der Waals surface area contributed by atoms with Crippen molar-refractivity contribution in [1.82, 2.24) is 4.98 Å². The van der Waals surface area contributed by atoms with E-state index in [1.165, 1.54) is 88.3 Å². The quantitative estimate of drug-likeness (QED) is 0.489. The van der Waals surface area contributed by atoms with Crippen LogP contribution in [0.15, 0.2) is 18.3 Å². The van der Waals surface area contributed by atoms with Crippen LogP contribution in [0.4, 0.5) is 0 Å². The Bertz CT molecular complexity index is 387. The Morgan fingerprint density at radius 3 is 2.45 bits per heavy atom. The topological polar surface area (TPSA) is 12.9 Å². The van der Waals surface area contributed by atoms with Crippen LogP contribution >= 0.6 is 0 Å². The van der Waals surface area contributed by atoms with Gasteiger partial charge in [0.1, 0.15) is 0 Å². The van der Waals surface area contributed by atoms with Gasteiger partial charge in [-0.2, -0.15) is 0 Å². The third kappa shape index (κ3) is 5.74. The van der Waals surface area contributed by atoms with Crippen molar-refractivity contribution in [2.45, 2.75) is 96.8 Å². The number of aryl methyl sites for hydroxylation is 1. The number of rotatable bonds is 8. The molecular weight excluding hydrogens is 266 g/mol. The molecule has 1 atom stereocenters. The Morgan fingerprint density at radius 2 is 1.86 bits per heavy atom. The van der Waals surface area contributed by atoms with Gasteiger partial charge in [-0.25, -0.2) is 0 Å². The maximum Gasteiger partial charge on any atom is 0.0434 e. The van der Waals surface area contributed by atoms with E-state index in [0.717, 1.165) is 5.92 Å². The molecule has 0 bridgehead atoms. The fourth-order valence-electron chi connectivity index (χ4n) is 3.86. The van der Waals surface area contributed by atoms with Crippen LogP contribution in [0.25, 0.3) is 0 Å². The molecule has 0 aromatic carbocycles. The zero-order chi connectivity index (χ0) is 15.6. The highest BCUT2D eigenvalue weighted by Gasteiger charge is 2.13. The van der Waals surface area contributed by atoms with Gasteiger partial charge in [-0.15, -0.1) is 0 Å². The van der Waals surface area contributed by atoms with E-state index in [2.05, 4.69) is 32.2 Å². The van der Waals surface area contributed by atoms with E-state index in [9.17, 15) is 0 Å². The Hall–Kier alpha value is -0.850. The summed E-state index contributed by atoms with van der Waals surface area (Å²) < 4.78 is 0. The molecule has 0 spiro atoms. The summed E-state index contributed by atoms with van der Waals surface area (Å²) in [5.41, 5.74) is 2.76. The van der Waals surface area contributed by atoms with Crippen LogP contribution < -0.4 is 0 Å². The normalized spacial score (nSPS) is 18.1. The molecule has 1 aromatic heterocycles. The molecular formula is C21H35N. The van der Waals surface area contributed by atoms with Crippen LogP contribution in [0.1, 0.15) is 102 Å². The number of aromatic nitrogens is 1. The van der Waals surface area contributed by atoms with E-state index in [4.69, 9.17) is 4.98 Å². The van der Waals surface area contributed by atoms with Crippen molar-refractivity contribution in [2.75, 3.05) is 0 Å². The van der Waals surface area contributed by atoms with Gasteiger partial charge >= 0.3 is 0 Å². The highest BCUT2D eigenvalue weighted by molar-refractivity contribution is 5.17. The lowest BCUT2D eigenvalue weighted by Crippen LogP contribution is -2.03. The molecule has 1 aliphatic carbocycles. The second kappa shape index (κ2) is 10.0. The number of hydrogen-bond acceptors (Lipinski definition) is 1. The van der Waals surface area contributed by atoms with Crippen LogP contribution in [0.2, 0.25) is 0 Å². The molecule has 2 rings (SSSR count). The first-order chi connectivity index (χ1) is 10.8. The van der Waals surface area contributed by atoms with Gasteiger partial charge in [0.25, 0.3) is 0 Å². The Balaban J connectivity index is 1.82. The standard InChI is InChI=1S/C21H35N/c1-3-5-12-20(4-2)21-16-15-19(17-22-21)14-13-18-10-8-6-7-9-11-18/h15-18,20H,3-14H2,1-2H3. The SMILES string of the molecule is CCCCC(CC)c1ccc(CCC2CCCCCC2)cn1. The van der Waals surface area contributed by atoms with Gasteiger partial charge < -0.3 is 0 Å². The summed E-state index contributed by atoms with van der Waals surface area (Å²) in [6.07, 6.45) is 18.6. The summed E-state index contributed by atoms with van der Waals surface area (Å²) in [7, 11) is 0. The third-order valence-electron chi connectivity index (χ3n) is 5.48. The molecule has 22 heavy (non-hydrogen) atoms. The molecule has 1 nitrogen and oxygen atoms in total. The molecule has 124 valence electrons. The molecule has 1 heteroatoms. The van der Waals surface area contributed by atoms with Crippen LogP contribution in [-0.4, -0.2) is 4.98 Å². The summed E-state index contributed by atoms with van der Waals surface area (Å²) in [6, 6.07) is 4.64. The average molecular weight is 302 g/mol. The number of unbranched alkanes of at least 4 members (excludes halogenated alkanes) is 1. The summed E-state index contributed by atoms with van der Waals surface area (Å²) in [4.78, 5) is 4.79. The predicted octanol–water partition coefficient (Wildman–Crippen LogP) is 6.67. The lowest BCUT2D eigenvalue weighted by molar-refractivity contribution is 0.428. The summed E-state index contributed by atoms with van der Waals surface area (Å²) in [6.45, 7) is 4.57. The fourth-order valence-corrected chi connectivity index (χ4v) is 3.86. The summed E-state index contributed by atoms with van der Waals surface area (Å²) >= 11 is 0. The van der Waals surface area contributed by atoms with E-state index in [-0.39, 0.29) is 0 Å². The highest BCUT2D eigenvalue weighted by atomic mass is 14.7. The Kier molecular flexibility index (Phi) is 7.98. The molecule has 0 aliphatic heterocycles. The minimum Gasteiger partial charge on any atom is -0.261 e. The highest BCUT2D eigenvalue weighted by Crippen LogP contribution is 2.27. The van der Waals surface area contributed by atoms with Crippen molar-refractivity contribution < 1.29 is 0 Å². The summed E-state index contributed by atoms with van der Waals surface area (Å²) in [5.74, 6) is 1.63. The fraction of sp³-hybridized carbons (Fsp3) is 0.762. The van der Waals surface area contributed by atoms with E-state index in [0.29, 0.717) is 5.92 Å². The van der Waals surface area contributed by atoms with Crippen LogP contribution in [0, 0.1) is 5.92 Å². The third-order valence-corrected chi connectivity index (χ3v) is 5.48. The smallest absolute Gasteiger partial charge is 0.0434 e. The van der Waals surface area contributed by atoms with Crippen LogP contribution in [-0.2, 0) is 6.42 Å². The molecule has 1 aliphatic rings. The number of hydrogen-bond donors (Lipinski definition) is 0. The first-order valence-electron chi connectivity index (χ1n) is 9.78. The molecule has 0 saturated heterocycles. The largest absolute Gasteiger partial charge is 0.261 e. The molecule has 1 heterocycles. The van der Waals surface area contributed by atoms with Crippen molar-refractivity contribution in [3.05, 3.63) is 29.6 Å². The summed E-state index contributed by atoms with van der Waals surface area (Å²) in [5, 5.41) is 0. The minimum absolute atomic E-state index is 0.663. The second-order valence-electron chi connectivity index (χ2n) is 7.23. The lowest BCUT2D eigenvalue weighted by Gasteiger charge is -2.15. The molecule has 0 amide bonds. The van der Waals surface area contributed by atoms with Gasteiger partial charge in [0.05, 0.1) is 0 Å². The van der Waals surface area contributed by atoms with Gasteiger partial charge in [0.15, 0.2) is 0 Å². The molecule has 0 radical (unpaired) electrons.